The molecule has 10 heteroatoms. The molecule has 2 aromatic heterocycles. The largest absolute Gasteiger partial charge is 0.345 e. The number of nitriles is 1. The van der Waals surface area contributed by atoms with Crippen LogP contribution in [0.4, 0.5) is 10.1 Å². The minimum atomic E-state index is -3.26. The van der Waals surface area contributed by atoms with E-state index in [1.807, 2.05) is 0 Å². The van der Waals surface area contributed by atoms with Gasteiger partial charge in [0.05, 0.1) is 4.90 Å². The number of carbonyl (C=O) groups excluding carboxylic acids is 1. The predicted molar refractivity (Wildman–Crippen MR) is 106 cm³/mol. The number of aromatic nitrogens is 2. The van der Waals surface area contributed by atoms with Gasteiger partial charge in [-0.3, -0.25) is 4.79 Å². The maximum absolute atomic E-state index is 13.6. The molecule has 0 saturated heterocycles. The van der Waals surface area contributed by atoms with Crippen LogP contribution >= 0.6 is 0 Å². The average Bonchev–Trinajstić information content (AvgIpc) is 2.90. The molecule has 154 valence electrons. The van der Waals surface area contributed by atoms with Gasteiger partial charge in [-0.1, -0.05) is 13.8 Å². The summed E-state index contributed by atoms with van der Waals surface area (Å²) in [6, 6.07) is 3.95. The number of nitrogens with one attached hydrogen (secondary N) is 3. The van der Waals surface area contributed by atoms with Gasteiger partial charge >= 0.3 is 0 Å². The van der Waals surface area contributed by atoms with Gasteiger partial charge in [0.15, 0.2) is 0 Å². The molecular formula is C19H23FN6O2S. The third-order valence-electron chi connectivity index (χ3n) is 4.77. The lowest BCUT2D eigenvalue weighted by Crippen LogP contribution is -2.33. The van der Waals surface area contributed by atoms with Crippen LogP contribution in [-0.2, 0) is 23.4 Å². The highest BCUT2D eigenvalue weighted by molar-refractivity contribution is 7.90. The minimum absolute atomic E-state index is 0.0823. The molecule has 3 rings (SSSR count). The molecular weight excluding hydrogens is 395 g/mol. The fourth-order valence-corrected chi connectivity index (χ4v) is 5.32. The summed E-state index contributed by atoms with van der Waals surface area (Å²) in [7, 11) is -1.63. The van der Waals surface area contributed by atoms with E-state index in [1.165, 1.54) is 16.8 Å². The fourth-order valence-electron chi connectivity index (χ4n) is 3.66. The first-order valence-corrected chi connectivity index (χ1v) is 10.8. The molecule has 3 N–H and O–H groups in total. The summed E-state index contributed by atoms with van der Waals surface area (Å²) >= 11 is 0. The number of hydrogen-bond donors (Lipinski definition) is 3. The summed E-state index contributed by atoms with van der Waals surface area (Å²) in [5.74, 6) is -1.02. The highest BCUT2D eigenvalue weighted by Gasteiger charge is 2.31. The first-order chi connectivity index (χ1) is 13.6. The van der Waals surface area contributed by atoms with Crippen molar-refractivity contribution in [3.63, 3.8) is 0 Å². The number of aryl methyl sites for hydroxylation is 1. The topological polar surface area (TPSA) is 124 Å². The van der Waals surface area contributed by atoms with E-state index in [-0.39, 0.29) is 23.1 Å². The Labute approximate surface area is 169 Å². The second kappa shape index (κ2) is 7.93. The number of carbonyl (C=O) groups is 1. The van der Waals surface area contributed by atoms with E-state index in [9.17, 15) is 13.4 Å². The van der Waals surface area contributed by atoms with Crippen LogP contribution in [0.25, 0.3) is 0 Å². The van der Waals surface area contributed by atoms with Gasteiger partial charge in [-0.25, -0.2) is 18.7 Å². The minimum Gasteiger partial charge on any atom is -0.345 e. The van der Waals surface area contributed by atoms with Crippen molar-refractivity contribution in [2.75, 3.05) is 5.32 Å². The molecule has 1 amide bonds. The van der Waals surface area contributed by atoms with Crippen LogP contribution in [0.2, 0.25) is 0 Å². The van der Waals surface area contributed by atoms with Gasteiger partial charge in [-0.2, -0.15) is 9.65 Å². The summed E-state index contributed by atoms with van der Waals surface area (Å²) < 4.78 is 39.4. The molecule has 0 spiro atoms. The Hall–Kier alpha value is -2.77. The van der Waals surface area contributed by atoms with Crippen molar-refractivity contribution in [3.8, 4) is 6.07 Å². The van der Waals surface area contributed by atoms with Crippen molar-refractivity contribution in [1.82, 2.24) is 14.3 Å². The van der Waals surface area contributed by atoms with Crippen LogP contribution in [0, 0.1) is 28.0 Å². The van der Waals surface area contributed by atoms with Gasteiger partial charge in [-0.15, -0.1) is 0 Å². The van der Waals surface area contributed by atoms with Gasteiger partial charge in [0.2, 0.25) is 5.95 Å². The predicted octanol–water partition coefficient (Wildman–Crippen LogP) is 2.95. The molecule has 1 aliphatic heterocycles. The van der Waals surface area contributed by atoms with Crippen LogP contribution in [0.1, 0.15) is 48.4 Å². The Kier molecular flexibility index (Phi) is 5.73. The number of pyridine rings is 1. The molecule has 1 unspecified atom stereocenters. The van der Waals surface area contributed by atoms with E-state index in [0.29, 0.717) is 29.2 Å². The molecule has 0 fully saturated rings. The van der Waals surface area contributed by atoms with Gasteiger partial charge in [0.25, 0.3) is 5.91 Å². The molecule has 1 aliphatic rings. The van der Waals surface area contributed by atoms with E-state index in [0.717, 1.165) is 12.5 Å². The Balaban J connectivity index is 1.95. The van der Waals surface area contributed by atoms with E-state index in [1.54, 1.807) is 13.1 Å². The lowest BCUT2D eigenvalue weighted by Gasteiger charge is -2.19. The van der Waals surface area contributed by atoms with Crippen molar-refractivity contribution in [1.29, 1.82) is 10.0 Å². The summed E-state index contributed by atoms with van der Waals surface area (Å²) in [6.07, 6.45) is 3.46. The molecule has 0 radical (unpaired) electrons. The number of nitrogens with zero attached hydrogens (tertiary/aromatic N) is 3. The molecule has 29 heavy (non-hydrogen) atoms. The Bertz CT molecular complexity index is 1100. The zero-order valence-electron chi connectivity index (χ0n) is 16.5. The van der Waals surface area contributed by atoms with Crippen molar-refractivity contribution >= 4 is 21.5 Å². The van der Waals surface area contributed by atoms with Crippen molar-refractivity contribution in [2.24, 2.45) is 13.0 Å². The zero-order chi connectivity index (χ0) is 21.3. The molecule has 0 aliphatic carbocycles. The third-order valence-corrected chi connectivity index (χ3v) is 6.41. The zero-order valence-corrected chi connectivity index (χ0v) is 17.3. The van der Waals surface area contributed by atoms with Crippen LogP contribution in [0.3, 0.4) is 0 Å². The molecule has 3 heterocycles. The number of hydrogen-bond acceptors (Lipinski definition) is 5. The van der Waals surface area contributed by atoms with Gasteiger partial charge in [-0.05, 0) is 31.2 Å². The highest BCUT2D eigenvalue weighted by Crippen LogP contribution is 2.29. The molecule has 2 aromatic rings. The molecule has 0 saturated carbocycles. The lowest BCUT2D eigenvalue weighted by atomic mass is 9.98. The maximum Gasteiger partial charge on any atom is 0.272 e. The normalized spacial score (nSPS) is 21.3. The number of halogens is 1. The van der Waals surface area contributed by atoms with Crippen LogP contribution in [0.15, 0.2) is 23.2 Å². The van der Waals surface area contributed by atoms with Crippen LogP contribution in [-0.4, -0.2) is 25.7 Å². The number of fused-ring (bicyclic) bond motifs is 1. The SMILES string of the molecule is CC(C)C[C@@H]1CCc2c(cn(C)c2C(=O)Nc2cc(F)nc(C#N)c2)S(=N)(=O)N1. The lowest BCUT2D eigenvalue weighted by molar-refractivity contribution is 0.101. The van der Waals surface area contributed by atoms with E-state index < -0.39 is 21.8 Å². The highest BCUT2D eigenvalue weighted by atomic mass is 32.2. The first kappa shape index (κ1) is 21.0. The summed E-state index contributed by atoms with van der Waals surface area (Å²) in [6.45, 7) is 4.13. The van der Waals surface area contributed by atoms with E-state index >= 15 is 0 Å². The van der Waals surface area contributed by atoms with E-state index in [4.69, 9.17) is 10.0 Å². The third kappa shape index (κ3) is 4.46. The Morgan fingerprint density at radius 3 is 2.93 bits per heavy atom. The Morgan fingerprint density at radius 1 is 1.55 bits per heavy atom. The number of anilines is 1. The quantitative estimate of drug-likeness (QED) is 0.660. The molecule has 0 bridgehead atoms. The van der Waals surface area contributed by atoms with E-state index in [2.05, 4.69) is 28.9 Å². The summed E-state index contributed by atoms with van der Waals surface area (Å²) in [5.41, 5.74) is 0.771. The average molecular weight is 418 g/mol. The van der Waals surface area contributed by atoms with Crippen LogP contribution < -0.4 is 10.0 Å². The standard InChI is InChI=1S/C19H23FN6O2S/c1-11(2)6-12-4-5-15-16(29(22,28)25-12)10-26(3)18(15)19(27)24-13-7-14(9-21)23-17(20)8-13/h7-8,10-12H,4-6H2,1-3H3,(H2,22,25,28)(H,23,24,27)/t12-,29?/m0/s1. The molecule has 0 aromatic carbocycles. The molecule has 2 atom stereocenters. The second-order valence-corrected chi connectivity index (χ2v) is 9.39. The van der Waals surface area contributed by atoms with Gasteiger partial charge in [0, 0.05) is 36.6 Å². The molecule has 8 nitrogen and oxygen atoms in total. The van der Waals surface area contributed by atoms with Gasteiger partial charge < -0.3 is 9.88 Å². The maximum atomic E-state index is 13.6. The summed E-state index contributed by atoms with van der Waals surface area (Å²) in [4.78, 5) is 16.6. The van der Waals surface area contributed by atoms with Gasteiger partial charge in [0.1, 0.15) is 27.4 Å². The number of rotatable bonds is 4. The van der Waals surface area contributed by atoms with Crippen molar-refractivity contribution in [2.45, 2.75) is 44.0 Å². The fraction of sp³-hybridized carbons (Fsp3) is 0.421. The van der Waals surface area contributed by atoms with Crippen LogP contribution in [0.5, 0.6) is 0 Å². The first-order valence-electron chi connectivity index (χ1n) is 9.24. The number of amides is 1. The smallest absolute Gasteiger partial charge is 0.272 e. The second-order valence-electron chi connectivity index (χ2n) is 7.60. The summed E-state index contributed by atoms with van der Waals surface area (Å²) in [5, 5.41) is 11.5. The van der Waals surface area contributed by atoms with Crippen molar-refractivity contribution in [3.05, 3.63) is 41.2 Å². The van der Waals surface area contributed by atoms with Crippen molar-refractivity contribution < 1.29 is 13.4 Å². The Morgan fingerprint density at radius 2 is 2.28 bits per heavy atom. The monoisotopic (exact) mass is 418 g/mol.